The molecule has 0 atom stereocenters. The number of aryl methyl sites for hydroxylation is 1. The summed E-state index contributed by atoms with van der Waals surface area (Å²) in [6, 6.07) is 15.0. The molecule has 0 aliphatic carbocycles. The van der Waals surface area contributed by atoms with Crippen molar-refractivity contribution in [2.45, 2.75) is 11.9 Å². The van der Waals surface area contributed by atoms with Crippen molar-refractivity contribution in [3.63, 3.8) is 0 Å². The highest BCUT2D eigenvalue weighted by atomic mass is 79.9. The number of thioether (sulfide) groups is 1. The molecule has 0 fully saturated rings. The smallest absolute Gasteiger partial charge is 0.287 e. The summed E-state index contributed by atoms with van der Waals surface area (Å²) >= 11 is 4.50. The highest BCUT2D eigenvalue weighted by Crippen LogP contribution is 2.16. The fourth-order valence-electron chi connectivity index (χ4n) is 2.35. The molecule has 26 heavy (non-hydrogen) atoms. The molecule has 0 saturated carbocycles. The minimum Gasteiger partial charge on any atom is -0.325 e. The maximum Gasteiger partial charge on any atom is 0.287 e. The second-order valence-electron chi connectivity index (χ2n) is 5.59. The normalized spacial score (nSPS) is 10.5. The van der Waals surface area contributed by atoms with E-state index < -0.39 is 0 Å². The van der Waals surface area contributed by atoms with Crippen molar-refractivity contribution in [2.24, 2.45) is 0 Å². The highest BCUT2D eigenvalue weighted by molar-refractivity contribution is 9.10. The Hall–Kier alpha value is -2.38. The van der Waals surface area contributed by atoms with E-state index in [2.05, 4.69) is 26.2 Å². The molecule has 1 amide bonds. The number of anilines is 1. The number of halogens is 1. The van der Waals surface area contributed by atoms with Gasteiger partial charge >= 0.3 is 0 Å². The zero-order chi connectivity index (χ0) is 18.5. The molecule has 0 spiro atoms. The van der Waals surface area contributed by atoms with Gasteiger partial charge in [-0.05, 0) is 48.9 Å². The largest absolute Gasteiger partial charge is 0.325 e. The molecule has 7 heteroatoms. The van der Waals surface area contributed by atoms with E-state index in [1.165, 1.54) is 4.57 Å². The number of benzene rings is 2. The van der Waals surface area contributed by atoms with Crippen molar-refractivity contribution in [3.05, 3.63) is 81.3 Å². The number of hydrogen-bond acceptors (Lipinski definition) is 4. The van der Waals surface area contributed by atoms with E-state index in [0.29, 0.717) is 0 Å². The third kappa shape index (κ3) is 4.62. The van der Waals surface area contributed by atoms with Gasteiger partial charge in [-0.25, -0.2) is 4.98 Å². The average Bonchev–Trinajstić information content (AvgIpc) is 2.62. The quantitative estimate of drug-likeness (QED) is 0.621. The first-order chi connectivity index (χ1) is 12.5. The Kier molecular flexibility index (Phi) is 5.90. The summed E-state index contributed by atoms with van der Waals surface area (Å²) in [5.41, 5.74) is 2.30. The van der Waals surface area contributed by atoms with Gasteiger partial charge in [-0.15, -0.1) is 0 Å². The molecule has 0 unspecified atom stereocenters. The Morgan fingerprint density at radius 2 is 2.00 bits per heavy atom. The van der Waals surface area contributed by atoms with Gasteiger partial charge in [0.2, 0.25) is 5.91 Å². The van der Waals surface area contributed by atoms with E-state index in [9.17, 15) is 9.59 Å². The van der Waals surface area contributed by atoms with Gasteiger partial charge in [-0.1, -0.05) is 39.8 Å². The van der Waals surface area contributed by atoms with Crippen molar-refractivity contribution < 1.29 is 4.79 Å². The van der Waals surface area contributed by atoms with E-state index >= 15 is 0 Å². The van der Waals surface area contributed by atoms with E-state index in [0.717, 1.165) is 33.2 Å². The monoisotopic (exact) mass is 429 g/mol. The van der Waals surface area contributed by atoms with E-state index in [-0.39, 0.29) is 22.2 Å². The van der Waals surface area contributed by atoms with Crippen molar-refractivity contribution in [2.75, 3.05) is 11.1 Å². The Morgan fingerprint density at radius 3 is 2.73 bits per heavy atom. The van der Waals surface area contributed by atoms with Crippen LogP contribution in [0.1, 0.15) is 5.56 Å². The van der Waals surface area contributed by atoms with Crippen LogP contribution in [0.5, 0.6) is 0 Å². The van der Waals surface area contributed by atoms with Gasteiger partial charge in [0, 0.05) is 28.2 Å². The van der Waals surface area contributed by atoms with Crippen LogP contribution in [-0.4, -0.2) is 21.2 Å². The lowest BCUT2D eigenvalue weighted by atomic mass is 10.2. The molecule has 1 aromatic heterocycles. The van der Waals surface area contributed by atoms with Crippen LogP contribution >= 0.6 is 27.7 Å². The SMILES string of the molecule is Cc1cccc(NC(=O)CSc2nccn(-c3ccc(Br)cc3)c2=O)c1. The van der Waals surface area contributed by atoms with Crippen LogP contribution in [0.4, 0.5) is 5.69 Å². The second kappa shape index (κ2) is 8.33. The summed E-state index contributed by atoms with van der Waals surface area (Å²) in [7, 11) is 0. The summed E-state index contributed by atoms with van der Waals surface area (Å²) in [6.45, 7) is 1.96. The fraction of sp³-hybridized carbons (Fsp3) is 0.105. The molecule has 0 aliphatic rings. The molecular weight excluding hydrogens is 414 g/mol. The Bertz CT molecular complexity index is 987. The minimum absolute atomic E-state index is 0.112. The van der Waals surface area contributed by atoms with Gasteiger partial charge < -0.3 is 5.32 Å². The molecule has 0 aliphatic heterocycles. The number of hydrogen-bond donors (Lipinski definition) is 1. The molecule has 132 valence electrons. The van der Waals surface area contributed by atoms with Gasteiger partial charge in [0.1, 0.15) is 0 Å². The molecule has 1 N–H and O–H groups in total. The Labute approximate surface area is 163 Å². The van der Waals surface area contributed by atoms with Crippen LogP contribution in [0.2, 0.25) is 0 Å². The number of amides is 1. The van der Waals surface area contributed by atoms with Gasteiger partial charge in [-0.3, -0.25) is 14.2 Å². The Morgan fingerprint density at radius 1 is 1.23 bits per heavy atom. The lowest BCUT2D eigenvalue weighted by molar-refractivity contribution is -0.113. The van der Waals surface area contributed by atoms with Gasteiger partial charge in [0.25, 0.3) is 5.56 Å². The standard InChI is InChI=1S/C19H16BrN3O2S/c1-13-3-2-4-15(11-13)22-17(24)12-26-18-19(25)23(10-9-21-18)16-7-5-14(20)6-8-16/h2-11H,12H2,1H3,(H,22,24). The maximum absolute atomic E-state index is 12.6. The Balaban J connectivity index is 1.70. The van der Waals surface area contributed by atoms with Crippen molar-refractivity contribution >= 4 is 39.3 Å². The zero-order valence-electron chi connectivity index (χ0n) is 14.0. The second-order valence-corrected chi connectivity index (χ2v) is 7.47. The minimum atomic E-state index is -0.247. The molecule has 5 nitrogen and oxygen atoms in total. The van der Waals surface area contributed by atoms with Crippen LogP contribution < -0.4 is 10.9 Å². The first kappa shape index (κ1) is 18.4. The first-order valence-electron chi connectivity index (χ1n) is 7.86. The molecular formula is C19H16BrN3O2S. The number of nitrogens with zero attached hydrogens (tertiary/aromatic N) is 2. The van der Waals surface area contributed by atoms with Crippen LogP contribution in [0, 0.1) is 6.92 Å². The molecule has 3 aromatic rings. The zero-order valence-corrected chi connectivity index (χ0v) is 16.4. The van der Waals surface area contributed by atoms with Crippen molar-refractivity contribution in [1.29, 1.82) is 0 Å². The number of rotatable bonds is 5. The molecule has 2 aromatic carbocycles. The molecule has 1 heterocycles. The van der Waals surface area contributed by atoms with Crippen LogP contribution in [0.15, 0.2) is 75.2 Å². The predicted molar refractivity (Wildman–Crippen MR) is 108 cm³/mol. The van der Waals surface area contributed by atoms with Gasteiger partial charge in [0.15, 0.2) is 5.03 Å². The van der Waals surface area contributed by atoms with E-state index in [1.54, 1.807) is 12.4 Å². The maximum atomic E-state index is 12.6. The summed E-state index contributed by atoms with van der Waals surface area (Å²) in [5, 5.41) is 3.11. The molecule has 0 saturated heterocycles. The predicted octanol–water partition coefficient (Wildman–Crippen LogP) is 4.03. The number of aromatic nitrogens is 2. The fourth-order valence-corrected chi connectivity index (χ4v) is 3.31. The number of carbonyl (C=O) groups is 1. The molecule has 3 rings (SSSR count). The van der Waals surface area contributed by atoms with E-state index in [4.69, 9.17) is 0 Å². The molecule has 0 bridgehead atoms. The third-order valence-electron chi connectivity index (χ3n) is 3.56. The summed E-state index contributed by atoms with van der Waals surface area (Å²) in [6.07, 6.45) is 3.17. The average molecular weight is 430 g/mol. The van der Waals surface area contributed by atoms with Crippen LogP contribution in [-0.2, 0) is 4.79 Å². The van der Waals surface area contributed by atoms with Gasteiger partial charge in [0.05, 0.1) is 5.75 Å². The lowest BCUT2D eigenvalue weighted by Crippen LogP contribution is -2.22. The van der Waals surface area contributed by atoms with Crippen LogP contribution in [0.3, 0.4) is 0 Å². The van der Waals surface area contributed by atoms with Crippen LogP contribution in [0.25, 0.3) is 5.69 Å². The number of nitrogens with one attached hydrogen (secondary N) is 1. The van der Waals surface area contributed by atoms with Crippen molar-refractivity contribution in [1.82, 2.24) is 9.55 Å². The molecule has 0 radical (unpaired) electrons. The topological polar surface area (TPSA) is 64.0 Å². The first-order valence-corrected chi connectivity index (χ1v) is 9.64. The van der Waals surface area contributed by atoms with Gasteiger partial charge in [-0.2, -0.15) is 0 Å². The number of carbonyl (C=O) groups excluding carboxylic acids is 1. The lowest BCUT2D eigenvalue weighted by Gasteiger charge is -2.08. The summed E-state index contributed by atoms with van der Waals surface area (Å²) in [4.78, 5) is 28.8. The van der Waals surface area contributed by atoms with Crippen molar-refractivity contribution in [3.8, 4) is 5.69 Å². The highest BCUT2D eigenvalue weighted by Gasteiger charge is 2.10. The van der Waals surface area contributed by atoms with E-state index in [1.807, 2.05) is 55.5 Å². The summed E-state index contributed by atoms with van der Waals surface area (Å²) in [5.74, 6) is -0.0681. The third-order valence-corrected chi connectivity index (χ3v) is 5.04. The summed E-state index contributed by atoms with van der Waals surface area (Å²) < 4.78 is 2.45.